The summed E-state index contributed by atoms with van der Waals surface area (Å²) < 4.78 is 10.2. The number of hydrogen-bond acceptors (Lipinski definition) is 5. The van der Waals surface area contributed by atoms with Crippen molar-refractivity contribution in [3.8, 4) is 6.07 Å². The number of benzene rings is 2. The zero-order valence-electron chi connectivity index (χ0n) is 13.5. The van der Waals surface area contributed by atoms with Crippen LogP contribution in [0.3, 0.4) is 0 Å². The Kier molecular flexibility index (Phi) is 5.81. The second kappa shape index (κ2) is 8.45. The predicted octanol–water partition coefficient (Wildman–Crippen LogP) is 5.05. The van der Waals surface area contributed by atoms with E-state index >= 15 is 0 Å². The molecule has 2 heterocycles. The molecule has 5 nitrogen and oxygen atoms in total. The number of nitrogens with zero attached hydrogens (tertiary/aromatic N) is 3. The fourth-order valence-electron chi connectivity index (χ4n) is 2.50. The number of fused-ring (bicyclic) bond motifs is 2. The van der Waals surface area contributed by atoms with Crippen LogP contribution in [0.5, 0.6) is 0 Å². The van der Waals surface area contributed by atoms with Crippen molar-refractivity contribution >= 4 is 37.9 Å². The van der Waals surface area contributed by atoms with Crippen molar-refractivity contribution in [2.75, 3.05) is 5.33 Å². The van der Waals surface area contributed by atoms with E-state index in [1.165, 1.54) is 0 Å². The molecular weight excluding hydrogens is 382 g/mol. The number of alkyl halides is 1. The zero-order valence-corrected chi connectivity index (χ0v) is 15.1. The average molecular weight is 398 g/mol. The summed E-state index contributed by atoms with van der Waals surface area (Å²) in [7, 11) is 0. The molecule has 0 spiro atoms. The molecule has 126 valence electrons. The maximum absolute atomic E-state index is 8.43. The first kappa shape index (κ1) is 17.2. The van der Waals surface area contributed by atoms with Crippen LogP contribution in [0.1, 0.15) is 17.8 Å². The van der Waals surface area contributed by atoms with Gasteiger partial charge in [0.2, 0.25) is 0 Å². The number of halogens is 1. The minimum absolute atomic E-state index is 0.483. The molecule has 0 amide bonds. The average Bonchev–Trinajstić information content (AvgIpc) is 3.25. The Morgan fingerprint density at radius 1 is 0.840 bits per heavy atom. The van der Waals surface area contributed by atoms with Crippen molar-refractivity contribution in [2.45, 2.75) is 19.3 Å². The topological polar surface area (TPSA) is 75.8 Å². The third-order valence-corrected chi connectivity index (χ3v) is 4.11. The van der Waals surface area contributed by atoms with Gasteiger partial charge in [0.05, 0.1) is 17.5 Å². The van der Waals surface area contributed by atoms with E-state index in [-0.39, 0.29) is 0 Å². The lowest BCUT2D eigenvalue weighted by atomic mass is 10.1. The molecule has 0 aliphatic heterocycles. The normalized spacial score (nSPS) is 10.4. The molecule has 2 aromatic heterocycles. The van der Waals surface area contributed by atoms with Gasteiger partial charge in [0.25, 0.3) is 0 Å². The molecule has 0 aliphatic rings. The SMILES string of the molecule is BrCCc1noc2ccccc12.N#CCCc1noc2ccccc12. The van der Waals surface area contributed by atoms with E-state index in [1.54, 1.807) is 0 Å². The molecule has 0 saturated heterocycles. The molecule has 4 rings (SSSR count). The largest absolute Gasteiger partial charge is 0.356 e. The van der Waals surface area contributed by atoms with E-state index in [2.05, 4.69) is 32.3 Å². The highest BCUT2D eigenvalue weighted by atomic mass is 79.9. The maximum atomic E-state index is 8.43. The number of rotatable bonds is 4. The Morgan fingerprint density at radius 3 is 1.88 bits per heavy atom. The van der Waals surface area contributed by atoms with Gasteiger partial charge in [-0.15, -0.1) is 0 Å². The summed E-state index contributed by atoms with van der Waals surface area (Å²) in [6.45, 7) is 0. The number of para-hydroxylation sites is 2. The fraction of sp³-hybridized carbons (Fsp3) is 0.211. The van der Waals surface area contributed by atoms with Gasteiger partial charge in [-0.1, -0.05) is 50.5 Å². The van der Waals surface area contributed by atoms with Crippen LogP contribution in [0.15, 0.2) is 57.6 Å². The highest BCUT2D eigenvalue weighted by Gasteiger charge is 2.06. The van der Waals surface area contributed by atoms with Gasteiger partial charge in [0.1, 0.15) is 0 Å². The van der Waals surface area contributed by atoms with Gasteiger partial charge in [-0.3, -0.25) is 0 Å². The van der Waals surface area contributed by atoms with E-state index in [9.17, 15) is 0 Å². The van der Waals surface area contributed by atoms with Crippen LogP contribution in [-0.4, -0.2) is 15.6 Å². The van der Waals surface area contributed by atoms with E-state index in [0.29, 0.717) is 12.8 Å². The molecule has 0 fully saturated rings. The van der Waals surface area contributed by atoms with E-state index in [1.807, 2.05) is 48.5 Å². The summed E-state index contributed by atoms with van der Waals surface area (Å²) in [6.07, 6.45) is 2.06. The van der Waals surface area contributed by atoms with Crippen LogP contribution in [0.2, 0.25) is 0 Å². The van der Waals surface area contributed by atoms with Crippen LogP contribution in [0.25, 0.3) is 21.9 Å². The molecule has 0 unspecified atom stereocenters. The first-order valence-electron chi connectivity index (χ1n) is 7.93. The molecule has 6 heteroatoms. The second-order valence-corrected chi connectivity index (χ2v) is 6.14. The summed E-state index contributed by atoms with van der Waals surface area (Å²) in [5.74, 6) is 0. The van der Waals surface area contributed by atoms with Gasteiger partial charge < -0.3 is 9.05 Å². The van der Waals surface area contributed by atoms with Crippen molar-refractivity contribution in [3.05, 3.63) is 59.9 Å². The smallest absolute Gasteiger partial charge is 0.167 e. The molecule has 0 saturated carbocycles. The lowest BCUT2D eigenvalue weighted by Crippen LogP contribution is -1.84. The fourth-order valence-corrected chi connectivity index (χ4v) is 2.88. The molecule has 0 radical (unpaired) electrons. The summed E-state index contributed by atoms with van der Waals surface area (Å²) in [6, 6.07) is 17.7. The number of aryl methyl sites for hydroxylation is 2. The van der Waals surface area contributed by atoms with E-state index in [0.717, 1.165) is 45.1 Å². The van der Waals surface area contributed by atoms with Crippen LogP contribution in [-0.2, 0) is 12.8 Å². The highest BCUT2D eigenvalue weighted by molar-refractivity contribution is 9.09. The predicted molar refractivity (Wildman–Crippen MR) is 99.5 cm³/mol. The quantitative estimate of drug-likeness (QED) is 0.450. The van der Waals surface area contributed by atoms with E-state index < -0.39 is 0 Å². The summed E-state index contributed by atoms with van der Waals surface area (Å²) >= 11 is 3.37. The summed E-state index contributed by atoms with van der Waals surface area (Å²) in [4.78, 5) is 0. The molecule has 0 aliphatic carbocycles. The molecular formula is C19H16BrN3O2. The third-order valence-electron chi connectivity index (χ3n) is 3.71. The number of nitriles is 1. The standard InChI is InChI=1S/C10H8N2O.C9H8BrNO/c11-7-3-5-9-8-4-1-2-6-10(8)13-12-9;10-6-5-8-7-3-1-2-4-9(7)12-11-8/h1-2,4,6H,3,5H2;1-4H,5-6H2. The van der Waals surface area contributed by atoms with Crippen molar-refractivity contribution < 1.29 is 9.05 Å². The molecule has 2 aromatic carbocycles. The van der Waals surface area contributed by atoms with Crippen molar-refractivity contribution in [1.29, 1.82) is 5.26 Å². The van der Waals surface area contributed by atoms with Crippen molar-refractivity contribution in [2.24, 2.45) is 0 Å². The Balaban J connectivity index is 0.000000146. The molecule has 4 aromatic rings. The number of hydrogen-bond donors (Lipinski definition) is 0. The van der Waals surface area contributed by atoms with Crippen molar-refractivity contribution in [3.63, 3.8) is 0 Å². The summed E-state index contributed by atoms with van der Waals surface area (Å²) in [5.41, 5.74) is 3.56. The van der Waals surface area contributed by atoms with Gasteiger partial charge in [-0.2, -0.15) is 5.26 Å². The maximum Gasteiger partial charge on any atom is 0.167 e. The van der Waals surface area contributed by atoms with Gasteiger partial charge in [0, 0.05) is 35.4 Å². The minimum atomic E-state index is 0.483. The van der Waals surface area contributed by atoms with Crippen LogP contribution in [0, 0.1) is 11.3 Å². The Labute approximate surface area is 153 Å². The van der Waals surface area contributed by atoms with E-state index in [4.69, 9.17) is 14.3 Å². The monoisotopic (exact) mass is 397 g/mol. The Hall–Kier alpha value is -2.65. The van der Waals surface area contributed by atoms with Gasteiger partial charge >= 0.3 is 0 Å². The Morgan fingerprint density at radius 2 is 1.36 bits per heavy atom. The number of aromatic nitrogens is 2. The Bertz CT molecular complexity index is 1000. The van der Waals surface area contributed by atoms with Crippen LogP contribution < -0.4 is 0 Å². The zero-order chi connectivity index (χ0) is 17.5. The minimum Gasteiger partial charge on any atom is -0.356 e. The van der Waals surface area contributed by atoms with Gasteiger partial charge in [-0.05, 0) is 24.3 Å². The molecule has 25 heavy (non-hydrogen) atoms. The molecule has 0 bridgehead atoms. The third kappa shape index (κ3) is 4.06. The van der Waals surface area contributed by atoms with Gasteiger partial charge in [0.15, 0.2) is 11.2 Å². The molecule has 0 atom stereocenters. The lowest BCUT2D eigenvalue weighted by molar-refractivity contribution is 0.446. The van der Waals surface area contributed by atoms with Gasteiger partial charge in [-0.25, -0.2) is 0 Å². The molecule has 0 N–H and O–H groups in total. The van der Waals surface area contributed by atoms with Crippen LogP contribution >= 0.6 is 15.9 Å². The first-order chi connectivity index (χ1) is 12.3. The second-order valence-electron chi connectivity index (χ2n) is 5.35. The van der Waals surface area contributed by atoms with Crippen LogP contribution in [0.4, 0.5) is 0 Å². The lowest BCUT2D eigenvalue weighted by Gasteiger charge is -1.88. The highest BCUT2D eigenvalue weighted by Crippen LogP contribution is 2.19. The van der Waals surface area contributed by atoms with Crippen molar-refractivity contribution in [1.82, 2.24) is 10.3 Å². The summed E-state index contributed by atoms with van der Waals surface area (Å²) in [5, 5.41) is 19.4. The first-order valence-corrected chi connectivity index (χ1v) is 9.05.